The molecule has 1 amide bonds. The van der Waals surface area contributed by atoms with E-state index in [1.165, 1.54) is 0 Å². The zero-order valence-electron chi connectivity index (χ0n) is 13.6. The SMILES string of the molecule is CSc1ccc([C@@H](O)CNC(=O)c2cccc(N(C)C)c2)cc1. The van der Waals surface area contributed by atoms with E-state index in [0.29, 0.717) is 5.56 Å². The van der Waals surface area contributed by atoms with Gasteiger partial charge < -0.3 is 15.3 Å². The summed E-state index contributed by atoms with van der Waals surface area (Å²) in [6, 6.07) is 15.1. The molecule has 5 heteroatoms. The largest absolute Gasteiger partial charge is 0.387 e. The fraction of sp³-hybridized carbons (Fsp3) is 0.278. The number of amides is 1. The van der Waals surface area contributed by atoms with Gasteiger partial charge in [-0.25, -0.2) is 0 Å². The topological polar surface area (TPSA) is 52.6 Å². The lowest BCUT2D eigenvalue weighted by Gasteiger charge is -2.15. The van der Waals surface area contributed by atoms with Crippen molar-refractivity contribution in [3.05, 3.63) is 59.7 Å². The number of carbonyl (C=O) groups excluding carboxylic acids is 1. The van der Waals surface area contributed by atoms with Gasteiger partial charge in [0, 0.05) is 36.8 Å². The average Bonchev–Trinajstić information content (AvgIpc) is 2.59. The molecule has 0 saturated heterocycles. The number of hydrogen-bond donors (Lipinski definition) is 2. The Kier molecular flexibility index (Phi) is 6.07. The first-order chi connectivity index (χ1) is 11.0. The quantitative estimate of drug-likeness (QED) is 0.800. The molecular formula is C18H22N2O2S. The van der Waals surface area contributed by atoms with Gasteiger partial charge in [0.05, 0.1) is 6.10 Å². The maximum absolute atomic E-state index is 12.2. The molecule has 0 aliphatic carbocycles. The average molecular weight is 330 g/mol. The Balaban J connectivity index is 1.96. The minimum absolute atomic E-state index is 0.184. The highest BCUT2D eigenvalue weighted by molar-refractivity contribution is 7.98. The highest BCUT2D eigenvalue weighted by Crippen LogP contribution is 2.19. The lowest BCUT2D eigenvalue weighted by Crippen LogP contribution is -2.28. The second kappa shape index (κ2) is 8.04. The second-order valence-electron chi connectivity index (χ2n) is 5.44. The molecular weight excluding hydrogens is 308 g/mol. The summed E-state index contributed by atoms with van der Waals surface area (Å²) in [5.74, 6) is -0.187. The zero-order chi connectivity index (χ0) is 16.8. The number of aliphatic hydroxyl groups excluding tert-OH is 1. The second-order valence-corrected chi connectivity index (χ2v) is 6.32. The molecule has 2 N–H and O–H groups in total. The van der Waals surface area contributed by atoms with Crippen LogP contribution in [-0.2, 0) is 0 Å². The van der Waals surface area contributed by atoms with E-state index < -0.39 is 6.10 Å². The van der Waals surface area contributed by atoms with E-state index >= 15 is 0 Å². The Morgan fingerprint density at radius 1 is 1.22 bits per heavy atom. The number of thioether (sulfide) groups is 1. The van der Waals surface area contributed by atoms with Crippen molar-refractivity contribution in [1.29, 1.82) is 0 Å². The van der Waals surface area contributed by atoms with E-state index in [1.54, 1.807) is 17.8 Å². The third kappa shape index (κ3) is 4.74. The predicted octanol–water partition coefficient (Wildman–Crippen LogP) is 2.94. The third-order valence-electron chi connectivity index (χ3n) is 3.58. The summed E-state index contributed by atoms with van der Waals surface area (Å²) in [4.78, 5) is 15.3. The van der Waals surface area contributed by atoms with Gasteiger partial charge in [-0.05, 0) is 42.2 Å². The molecule has 2 aromatic carbocycles. The van der Waals surface area contributed by atoms with Crippen molar-refractivity contribution in [3.63, 3.8) is 0 Å². The summed E-state index contributed by atoms with van der Waals surface area (Å²) in [6.45, 7) is 0.184. The Bertz CT molecular complexity index is 656. The number of benzene rings is 2. The van der Waals surface area contributed by atoms with Gasteiger partial charge in [0.25, 0.3) is 5.91 Å². The van der Waals surface area contributed by atoms with E-state index in [2.05, 4.69) is 5.32 Å². The standard InChI is InChI=1S/C18H22N2O2S/c1-20(2)15-6-4-5-14(11-15)18(22)19-12-17(21)13-7-9-16(23-3)10-8-13/h4-11,17,21H,12H2,1-3H3,(H,19,22)/t17-/m0/s1. The molecule has 122 valence electrons. The lowest BCUT2D eigenvalue weighted by molar-refractivity contribution is 0.0916. The molecule has 0 bridgehead atoms. The molecule has 0 spiro atoms. The molecule has 0 aliphatic heterocycles. The number of aliphatic hydroxyl groups is 1. The predicted molar refractivity (Wildman–Crippen MR) is 96.3 cm³/mol. The van der Waals surface area contributed by atoms with Crippen LogP contribution in [0.3, 0.4) is 0 Å². The molecule has 2 rings (SSSR count). The summed E-state index contributed by atoms with van der Waals surface area (Å²) < 4.78 is 0. The van der Waals surface area contributed by atoms with Crippen LogP contribution in [0.2, 0.25) is 0 Å². The molecule has 1 atom stereocenters. The number of hydrogen-bond acceptors (Lipinski definition) is 4. The van der Waals surface area contributed by atoms with Crippen molar-refractivity contribution in [2.24, 2.45) is 0 Å². The summed E-state index contributed by atoms with van der Waals surface area (Å²) in [7, 11) is 3.86. The van der Waals surface area contributed by atoms with E-state index in [0.717, 1.165) is 16.1 Å². The Hall–Kier alpha value is -1.98. The monoisotopic (exact) mass is 330 g/mol. The van der Waals surface area contributed by atoms with E-state index in [9.17, 15) is 9.90 Å². The first kappa shape index (κ1) is 17.4. The van der Waals surface area contributed by atoms with Crippen molar-refractivity contribution in [3.8, 4) is 0 Å². The number of carbonyl (C=O) groups is 1. The van der Waals surface area contributed by atoms with Crippen LogP contribution in [0.15, 0.2) is 53.4 Å². The molecule has 0 aliphatic rings. The number of rotatable bonds is 6. The zero-order valence-corrected chi connectivity index (χ0v) is 14.4. The minimum atomic E-state index is -0.716. The van der Waals surface area contributed by atoms with Crippen LogP contribution >= 0.6 is 11.8 Å². The van der Waals surface area contributed by atoms with Crippen molar-refractivity contribution in [2.75, 3.05) is 31.8 Å². The summed E-state index contributed by atoms with van der Waals surface area (Å²) in [5, 5.41) is 13.0. The van der Waals surface area contributed by atoms with Gasteiger partial charge in [-0.3, -0.25) is 4.79 Å². The molecule has 23 heavy (non-hydrogen) atoms. The Labute approximate surface area is 141 Å². The van der Waals surface area contributed by atoms with E-state index in [-0.39, 0.29) is 12.5 Å². The third-order valence-corrected chi connectivity index (χ3v) is 4.32. The van der Waals surface area contributed by atoms with Gasteiger partial charge in [0.1, 0.15) is 0 Å². The summed E-state index contributed by atoms with van der Waals surface area (Å²) in [6.07, 6.45) is 1.29. The highest BCUT2D eigenvalue weighted by Gasteiger charge is 2.11. The van der Waals surface area contributed by atoms with Crippen LogP contribution in [0.5, 0.6) is 0 Å². The lowest BCUT2D eigenvalue weighted by atomic mass is 10.1. The van der Waals surface area contributed by atoms with Crippen LogP contribution in [-0.4, -0.2) is 37.9 Å². The maximum Gasteiger partial charge on any atom is 0.251 e. The van der Waals surface area contributed by atoms with Crippen molar-refractivity contribution >= 4 is 23.4 Å². The van der Waals surface area contributed by atoms with Gasteiger partial charge in [0.15, 0.2) is 0 Å². The normalized spacial score (nSPS) is 11.8. The molecule has 4 nitrogen and oxygen atoms in total. The smallest absolute Gasteiger partial charge is 0.251 e. The van der Waals surface area contributed by atoms with Crippen LogP contribution < -0.4 is 10.2 Å². The Morgan fingerprint density at radius 2 is 1.91 bits per heavy atom. The number of anilines is 1. The Morgan fingerprint density at radius 3 is 2.52 bits per heavy atom. The van der Waals surface area contributed by atoms with E-state index in [1.807, 2.05) is 67.7 Å². The molecule has 0 saturated carbocycles. The highest BCUT2D eigenvalue weighted by atomic mass is 32.2. The van der Waals surface area contributed by atoms with Crippen LogP contribution in [0.25, 0.3) is 0 Å². The first-order valence-electron chi connectivity index (χ1n) is 7.39. The fourth-order valence-corrected chi connectivity index (χ4v) is 2.57. The van der Waals surface area contributed by atoms with Crippen LogP contribution in [0.1, 0.15) is 22.0 Å². The fourth-order valence-electron chi connectivity index (χ4n) is 2.16. The number of nitrogens with one attached hydrogen (secondary N) is 1. The van der Waals surface area contributed by atoms with Gasteiger partial charge in [-0.2, -0.15) is 0 Å². The van der Waals surface area contributed by atoms with E-state index in [4.69, 9.17) is 0 Å². The molecule has 0 radical (unpaired) electrons. The van der Waals surface area contributed by atoms with Crippen molar-refractivity contribution in [2.45, 2.75) is 11.0 Å². The molecule has 0 aromatic heterocycles. The van der Waals surface area contributed by atoms with Gasteiger partial charge in [0.2, 0.25) is 0 Å². The van der Waals surface area contributed by atoms with Crippen molar-refractivity contribution in [1.82, 2.24) is 5.32 Å². The maximum atomic E-state index is 12.2. The molecule has 0 unspecified atom stereocenters. The molecule has 2 aromatic rings. The van der Waals surface area contributed by atoms with Gasteiger partial charge in [-0.15, -0.1) is 11.8 Å². The van der Waals surface area contributed by atoms with Gasteiger partial charge in [-0.1, -0.05) is 18.2 Å². The minimum Gasteiger partial charge on any atom is -0.387 e. The summed E-state index contributed by atoms with van der Waals surface area (Å²) in [5.41, 5.74) is 2.34. The molecule has 0 heterocycles. The van der Waals surface area contributed by atoms with Gasteiger partial charge >= 0.3 is 0 Å². The van der Waals surface area contributed by atoms with Crippen molar-refractivity contribution < 1.29 is 9.90 Å². The van der Waals surface area contributed by atoms with Crippen LogP contribution in [0, 0.1) is 0 Å². The molecule has 0 fully saturated rings. The summed E-state index contributed by atoms with van der Waals surface area (Å²) >= 11 is 1.65. The number of nitrogens with zero attached hydrogens (tertiary/aromatic N) is 1. The van der Waals surface area contributed by atoms with Crippen LogP contribution in [0.4, 0.5) is 5.69 Å². The first-order valence-corrected chi connectivity index (χ1v) is 8.61.